The number of carbonyl (C=O) groups is 1. The lowest BCUT2D eigenvalue weighted by atomic mass is 10.1. The van der Waals surface area contributed by atoms with E-state index in [0.29, 0.717) is 10.0 Å². The van der Waals surface area contributed by atoms with Crippen molar-refractivity contribution in [1.29, 1.82) is 0 Å². The number of carbonyl (C=O) groups excluding carboxylic acids is 1. The number of benzene rings is 2. The summed E-state index contributed by atoms with van der Waals surface area (Å²) in [5, 5.41) is 2.47. The van der Waals surface area contributed by atoms with Crippen molar-refractivity contribution in [3.63, 3.8) is 0 Å². The van der Waals surface area contributed by atoms with E-state index in [1.54, 1.807) is 12.1 Å². The SMILES string of the molecule is O=C(NCc1cc(Br)ccc1OC(F)F)c1ccccc1F. The van der Waals surface area contributed by atoms with E-state index in [9.17, 15) is 18.0 Å². The predicted molar refractivity (Wildman–Crippen MR) is 78.3 cm³/mol. The molecule has 0 unspecified atom stereocenters. The van der Waals surface area contributed by atoms with Gasteiger partial charge in [0.25, 0.3) is 5.91 Å². The van der Waals surface area contributed by atoms with Gasteiger partial charge in [0.1, 0.15) is 11.6 Å². The van der Waals surface area contributed by atoms with Crippen LogP contribution in [-0.2, 0) is 6.54 Å². The molecule has 0 aliphatic carbocycles. The normalized spacial score (nSPS) is 10.6. The van der Waals surface area contributed by atoms with Crippen LogP contribution < -0.4 is 10.1 Å². The van der Waals surface area contributed by atoms with Crippen LogP contribution in [0.5, 0.6) is 5.75 Å². The molecule has 0 aromatic heterocycles. The lowest BCUT2D eigenvalue weighted by molar-refractivity contribution is -0.0504. The highest BCUT2D eigenvalue weighted by atomic mass is 79.9. The van der Waals surface area contributed by atoms with E-state index >= 15 is 0 Å². The second-order valence-corrected chi connectivity index (χ2v) is 5.21. The molecule has 0 heterocycles. The fourth-order valence-electron chi connectivity index (χ4n) is 1.81. The van der Waals surface area contributed by atoms with Gasteiger partial charge in [-0.05, 0) is 30.3 Å². The van der Waals surface area contributed by atoms with Crippen molar-refractivity contribution in [2.75, 3.05) is 0 Å². The van der Waals surface area contributed by atoms with Gasteiger partial charge in [0.05, 0.1) is 5.56 Å². The van der Waals surface area contributed by atoms with Crippen molar-refractivity contribution in [3.05, 3.63) is 63.9 Å². The van der Waals surface area contributed by atoms with Crippen molar-refractivity contribution in [2.45, 2.75) is 13.2 Å². The number of amides is 1. The number of halogens is 4. The summed E-state index contributed by atoms with van der Waals surface area (Å²) < 4.78 is 43.2. The molecule has 0 radical (unpaired) electrons. The Bertz CT molecular complexity index is 680. The van der Waals surface area contributed by atoms with Crippen molar-refractivity contribution in [1.82, 2.24) is 5.32 Å². The van der Waals surface area contributed by atoms with Gasteiger partial charge in [-0.3, -0.25) is 4.79 Å². The number of hydrogen-bond donors (Lipinski definition) is 1. The first kappa shape index (κ1) is 16.4. The molecule has 0 aliphatic heterocycles. The molecule has 2 aromatic carbocycles. The topological polar surface area (TPSA) is 38.3 Å². The molecule has 0 aliphatic rings. The zero-order chi connectivity index (χ0) is 16.1. The van der Waals surface area contributed by atoms with Crippen molar-refractivity contribution in [2.24, 2.45) is 0 Å². The molecule has 2 rings (SSSR count). The molecular weight excluding hydrogens is 363 g/mol. The van der Waals surface area contributed by atoms with Gasteiger partial charge in [-0.2, -0.15) is 8.78 Å². The summed E-state index contributed by atoms with van der Waals surface area (Å²) in [4.78, 5) is 11.9. The summed E-state index contributed by atoms with van der Waals surface area (Å²) in [6, 6.07) is 9.94. The Balaban J connectivity index is 2.12. The Morgan fingerprint density at radius 2 is 1.95 bits per heavy atom. The molecule has 116 valence electrons. The van der Waals surface area contributed by atoms with Gasteiger partial charge in [0.15, 0.2) is 0 Å². The minimum atomic E-state index is -2.97. The Kier molecular flexibility index (Phi) is 5.43. The summed E-state index contributed by atoms with van der Waals surface area (Å²) in [6.45, 7) is -3.04. The monoisotopic (exact) mass is 373 g/mol. The molecule has 0 fully saturated rings. The van der Waals surface area contributed by atoms with Crippen molar-refractivity contribution < 1.29 is 22.7 Å². The van der Waals surface area contributed by atoms with Crippen LogP contribution in [0.25, 0.3) is 0 Å². The third-order valence-electron chi connectivity index (χ3n) is 2.80. The first-order chi connectivity index (χ1) is 10.5. The van der Waals surface area contributed by atoms with Crippen LogP contribution in [0.2, 0.25) is 0 Å². The zero-order valence-electron chi connectivity index (χ0n) is 11.2. The highest BCUT2D eigenvalue weighted by molar-refractivity contribution is 9.10. The van der Waals surface area contributed by atoms with E-state index in [-0.39, 0.29) is 17.9 Å². The fourth-order valence-corrected chi connectivity index (χ4v) is 2.22. The van der Waals surface area contributed by atoms with E-state index in [4.69, 9.17) is 0 Å². The molecule has 0 bridgehead atoms. The minimum Gasteiger partial charge on any atom is -0.434 e. The third kappa shape index (κ3) is 4.24. The molecule has 0 saturated carbocycles. The Morgan fingerprint density at radius 3 is 2.64 bits per heavy atom. The molecule has 7 heteroatoms. The van der Waals surface area contributed by atoms with Crippen LogP contribution in [0.1, 0.15) is 15.9 Å². The molecule has 0 atom stereocenters. The highest BCUT2D eigenvalue weighted by Crippen LogP contribution is 2.24. The quantitative estimate of drug-likeness (QED) is 0.855. The molecule has 1 N–H and O–H groups in total. The number of hydrogen-bond acceptors (Lipinski definition) is 2. The van der Waals surface area contributed by atoms with Gasteiger partial charge in [-0.1, -0.05) is 28.1 Å². The summed E-state index contributed by atoms with van der Waals surface area (Å²) in [5.74, 6) is -1.34. The molecule has 22 heavy (non-hydrogen) atoms. The van der Waals surface area contributed by atoms with Crippen molar-refractivity contribution >= 4 is 21.8 Å². The van der Waals surface area contributed by atoms with Gasteiger partial charge in [-0.15, -0.1) is 0 Å². The van der Waals surface area contributed by atoms with E-state index < -0.39 is 18.3 Å². The highest BCUT2D eigenvalue weighted by Gasteiger charge is 2.14. The summed E-state index contributed by atoms with van der Waals surface area (Å²) in [7, 11) is 0. The standard InChI is InChI=1S/C15H11BrF3NO2/c16-10-5-6-13(22-15(18)19)9(7-10)8-20-14(21)11-3-1-2-4-12(11)17/h1-7,15H,8H2,(H,20,21). The lowest BCUT2D eigenvalue weighted by Gasteiger charge is -2.12. The number of ether oxygens (including phenoxy) is 1. The summed E-state index contributed by atoms with van der Waals surface area (Å²) in [5.41, 5.74) is 0.230. The Morgan fingerprint density at radius 1 is 1.23 bits per heavy atom. The van der Waals surface area contributed by atoms with Crippen molar-refractivity contribution in [3.8, 4) is 5.75 Å². The molecule has 2 aromatic rings. The van der Waals surface area contributed by atoms with Crippen LogP contribution >= 0.6 is 15.9 Å². The van der Waals surface area contributed by atoms with Crippen LogP contribution in [0.15, 0.2) is 46.9 Å². The van der Waals surface area contributed by atoms with Gasteiger partial charge in [0.2, 0.25) is 0 Å². The number of rotatable bonds is 5. The first-order valence-corrected chi connectivity index (χ1v) is 7.02. The average molecular weight is 374 g/mol. The smallest absolute Gasteiger partial charge is 0.387 e. The number of alkyl halides is 2. The Labute approximate surface area is 133 Å². The van der Waals surface area contributed by atoms with E-state index in [1.807, 2.05) is 0 Å². The van der Waals surface area contributed by atoms with Gasteiger partial charge < -0.3 is 10.1 Å². The van der Waals surface area contributed by atoms with Crippen LogP contribution in [0, 0.1) is 5.82 Å². The van der Waals surface area contributed by atoms with Gasteiger partial charge >= 0.3 is 6.61 Å². The van der Waals surface area contributed by atoms with Crippen LogP contribution in [0.4, 0.5) is 13.2 Å². The van der Waals surface area contributed by atoms with Crippen LogP contribution in [-0.4, -0.2) is 12.5 Å². The first-order valence-electron chi connectivity index (χ1n) is 6.23. The van der Waals surface area contributed by atoms with E-state index in [1.165, 1.54) is 30.3 Å². The fraction of sp³-hybridized carbons (Fsp3) is 0.133. The summed E-state index contributed by atoms with van der Waals surface area (Å²) in [6.07, 6.45) is 0. The molecule has 0 saturated heterocycles. The molecular formula is C15H11BrF3NO2. The van der Waals surface area contributed by atoms with Crippen LogP contribution in [0.3, 0.4) is 0 Å². The van der Waals surface area contributed by atoms with Gasteiger partial charge in [-0.25, -0.2) is 4.39 Å². The molecule has 1 amide bonds. The van der Waals surface area contributed by atoms with Gasteiger partial charge in [0, 0.05) is 16.6 Å². The molecule has 0 spiro atoms. The third-order valence-corrected chi connectivity index (χ3v) is 3.29. The zero-order valence-corrected chi connectivity index (χ0v) is 12.7. The van der Waals surface area contributed by atoms with E-state index in [2.05, 4.69) is 26.0 Å². The second-order valence-electron chi connectivity index (χ2n) is 4.29. The predicted octanol–water partition coefficient (Wildman–Crippen LogP) is 4.12. The summed E-state index contributed by atoms with van der Waals surface area (Å²) >= 11 is 3.21. The second kappa shape index (κ2) is 7.31. The maximum absolute atomic E-state index is 13.5. The average Bonchev–Trinajstić information content (AvgIpc) is 2.47. The lowest BCUT2D eigenvalue weighted by Crippen LogP contribution is -2.24. The molecule has 3 nitrogen and oxygen atoms in total. The largest absolute Gasteiger partial charge is 0.434 e. The maximum Gasteiger partial charge on any atom is 0.387 e. The maximum atomic E-state index is 13.5. The minimum absolute atomic E-state index is 0.0490. The van der Waals surface area contributed by atoms with E-state index in [0.717, 1.165) is 0 Å². The number of nitrogens with one attached hydrogen (secondary N) is 1. The Hall–Kier alpha value is -2.02.